The summed E-state index contributed by atoms with van der Waals surface area (Å²) in [6.07, 6.45) is -1.51. The Morgan fingerprint density at radius 2 is 1.81 bits per heavy atom. The maximum absolute atomic E-state index is 13.1. The number of hydrogen-bond acceptors (Lipinski definition) is 6. The number of carbonyl (C=O) groups is 3. The molecule has 0 aliphatic heterocycles. The minimum Gasteiger partial charge on any atom is -0.457 e. The van der Waals surface area contributed by atoms with E-state index in [0.717, 1.165) is 17.0 Å². The first-order chi connectivity index (χ1) is 17.0. The fourth-order valence-electron chi connectivity index (χ4n) is 3.93. The number of Topliss-reactive ketones (excluding diaryl/α,β-unsaturated/α-hetero) is 3. The molecule has 0 amide bonds. The van der Waals surface area contributed by atoms with Gasteiger partial charge in [-0.3, -0.25) is 19.4 Å². The van der Waals surface area contributed by atoms with Crippen molar-refractivity contribution in [2.75, 3.05) is 6.26 Å². The SMILES string of the molecule is CSc1cc(Oc2ccnc3c2CC(=O)C(=O)C3)ccc1CC(=O)Cc1ccc(Cl)c(C(F)(F)F)c1. The molecule has 0 N–H and O–H groups in total. The van der Waals surface area contributed by atoms with Crippen molar-refractivity contribution in [1.29, 1.82) is 0 Å². The fourth-order valence-corrected chi connectivity index (χ4v) is 4.79. The van der Waals surface area contributed by atoms with E-state index in [0.29, 0.717) is 28.3 Å². The monoisotopic (exact) mass is 533 g/mol. The molecule has 0 bridgehead atoms. The van der Waals surface area contributed by atoms with E-state index in [2.05, 4.69) is 4.98 Å². The van der Waals surface area contributed by atoms with Crippen LogP contribution < -0.4 is 4.74 Å². The number of fused-ring (bicyclic) bond motifs is 1. The number of benzene rings is 2. The van der Waals surface area contributed by atoms with Crippen molar-refractivity contribution in [3.63, 3.8) is 0 Å². The largest absolute Gasteiger partial charge is 0.457 e. The summed E-state index contributed by atoms with van der Waals surface area (Å²) in [6, 6.07) is 10.2. The fraction of sp³-hybridized carbons (Fsp3) is 0.231. The Kier molecular flexibility index (Phi) is 7.51. The first-order valence-corrected chi connectivity index (χ1v) is 12.4. The van der Waals surface area contributed by atoms with Gasteiger partial charge in [0.15, 0.2) is 0 Å². The number of nitrogens with zero attached hydrogens (tertiary/aromatic N) is 1. The third kappa shape index (κ3) is 5.79. The van der Waals surface area contributed by atoms with Gasteiger partial charge in [-0.1, -0.05) is 23.7 Å². The number of pyridine rings is 1. The third-order valence-electron chi connectivity index (χ3n) is 5.69. The summed E-state index contributed by atoms with van der Waals surface area (Å²) in [4.78, 5) is 41.2. The van der Waals surface area contributed by atoms with Crippen LogP contribution in [0, 0.1) is 0 Å². The zero-order valence-corrected chi connectivity index (χ0v) is 20.5. The molecule has 1 aromatic heterocycles. The molecule has 5 nitrogen and oxygen atoms in total. The average molecular weight is 534 g/mol. The first-order valence-electron chi connectivity index (χ1n) is 10.8. The number of rotatable bonds is 7. The highest BCUT2D eigenvalue weighted by Gasteiger charge is 2.33. The van der Waals surface area contributed by atoms with E-state index in [4.69, 9.17) is 16.3 Å². The molecule has 4 rings (SSSR count). The Labute approximate surface area is 214 Å². The molecule has 1 aliphatic rings. The molecule has 0 fully saturated rings. The predicted molar refractivity (Wildman–Crippen MR) is 129 cm³/mol. The number of carbonyl (C=O) groups excluding carboxylic acids is 3. The van der Waals surface area contributed by atoms with E-state index in [1.165, 1.54) is 24.0 Å². The Morgan fingerprint density at radius 1 is 1.06 bits per heavy atom. The smallest absolute Gasteiger partial charge is 0.417 e. The second-order valence-electron chi connectivity index (χ2n) is 8.21. The van der Waals surface area contributed by atoms with Crippen LogP contribution in [0.4, 0.5) is 13.2 Å². The van der Waals surface area contributed by atoms with Crippen molar-refractivity contribution < 1.29 is 32.3 Å². The number of hydrogen-bond donors (Lipinski definition) is 0. The van der Waals surface area contributed by atoms with Gasteiger partial charge in [0.1, 0.15) is 17.3 Å². The zero-order valence-electron chi connectivity index (χ0n) is 18.9. The Balaban J connectivity index is 1.50. The molecular weight excluding hydrogens is 515 g/mol. The molecule has 3 aromatic rings. The summed E-state index contributed by atoms with van der Waals surface area (Å²) in [7, 11) is 0. The van der Waals surface area contributed by atoms with E-state index in [9.17, 15) is 27.6 Å². The minimum atomic E-state index is -4.60. The number of halogens is 4. The van der Waals surface area contributed by atoms with Gasteiger partial charge in [0.2, 0.25) is 11.6 Å². The molecule has 36 heavy (non-hydrogen) atoms. The Morgan fingerprint density at radius 3 is 2.53 bits per heavy atom. The van der Waals surface area contributed by atoms with E-state index >= 15 is 0 Å². The number of aromatic nitrogens is 1. The second kappa shape index (κ2) is 10.4. The second-order valence-corrected chi connectivity index (χ2v) is 9.47. The van der Waals surface area contributed by atoms with E-state index in [-0.39, 0.29) is 37.0 Å². The molecular formula is C26H19ClF3NO4S. The summed E-state index contributed by atoms with van der Waals surface area (Å²) < 4.78 is 45.3. The molecule has 10 heteroatoms. The normalized spacial score (nSPS) is 13.5. The molecule has 1 heterocycles. The van der Waals surface area contributed by atoms with Gasteiger partial charge in [-0.25, -0.2) is 0 Å². The maximum atomic E-state index is 13.1. The molecule has 186 valence electrons. The highest BCUT2D eigenvalue weighted by molar-refractivity contribution is 7.98. The van der Waals surface area contributed by atoms with E-state index in [1.807, 2.05) is 6.26 Å². The zero-order chi connectivity index (χ0) is 26.0. The number of ether oxygens (including phenoxy) is 1. The summed E-state index contributed by atoms with van der Waals surface area (Å²) in [5, 5.41) is -0.412. The van der Waals surface area contributed by atoms with Crippen LogP contribution in [0.15, 0.2) is 53.6 Å². The van der Waals surface area contributed by atoms with Gasteiger partial charge in [0.05, 0.1) is 22.7 Å². The van der Waals surface area contributed by atoms with Crippen LogP contribution in [-0.4, -0.2) is 28.6 Å². The number of thioether (sulfide) groups is 1. The van der Waals surface area contributed by atoms with Crippen molar-refractivity contribution in [3.8, 4) is 11.5 Å². The standard InChI is InChI=1S/C26H19ClF3NO4S/c1-36-25-11-17(35-24-6-7-31-21-13-23(34)22(33)12-18(21)24)4-3-15(25)10-16(32)8-14-2-5-20(27)19(9-14)26(28,29)30/h2-7,9,11H,8,10,12-13H2,1H3. The van der Waals surface area contributed by atoms with Crippen LogP contribution in [0.1, 0.15) is 27.9 Å². The van der Waals surface area contributed by atoms with Crippen LogP contribution in [0.2, 0.25) is 5.02 Å². The highest BCUT2D eigenvalue weighted by atomic mass is 35.5. The van der Waals surface area contributed by atoms with Crippen LogP contribution >= 0.6 is 23.4 Å². The lowest BCUT2D eigenvalue weighted by atomic mass is 9.93. The van der Waals surface area contributed by atoms with E-state index < -0.39 is 28.3 Å². The van der Waals surface area contributed by atoms with Gasteiger partial charge in [-0.2, -0.15) is 13.2 Å². The van der Waals surface area contributed by atoms with E-state index in [1.54, 1.807) is 24.3 Å². The average Bonchev–Trinajstić information content (AvgIpc) is 2.81. The summed E-state index contributed by atoms with van der Waals surface area (Å²) in [6.45, 7) is 0. The Hall–Kier alpha value is -3.17. The maximum Gasteiger partial charge on any atom is 0.417 e. The number of ketones is 3. The first kappa shape index (κ1) is 25.9. The highest BCUT2D eigenvalue weighted by Crippen LogP contribution is 2.36. The van der Waals surface area contributed by atoms with Gasteiger partial charge >= 0.3 is 6.18 Å². The van der Waals surface area contributed by atoms with Gasteiger partial charge in [-0.15, -0.1) is 11.8 Å². The molecule has 0 unspecified atom stereocenters. The molecule has 0 saturated heterocycles. The lowest BCUT2D eigenvalue weighted by Crippen LogP contribution is -2.26. The van der Waals surface area contributed by atoms with Crippen LogP contribution in [0.3, 0.4) is 0 Å². The van der Waals surface area contributed by atoms with Gasteiger partial charge < -0.3 is 4.74 Å². The predicted octanol–water partition coefficient (Wildman–Crippen LogP) is 5.86. The lowest BCUT2D eigenvalue weighted by molar-refractivity contribution is -0.137. The van der Waals surface area contributed by atoms with Gasteiger partial charge in [0, 0.05) is 35.9 Å². The topological polar surface area (TPSA) is 73.3 Å². The van der Waals surface area contributed by atoms with Crippen molar-refractivity contribution >= 4 is 40.7 Å². The number of alkyl halides is 3. The summed E-state index contributed by atoms with van der Waals surface area (Å²) in [5.41, 5.74) is 1.07. The quantitative estimate of drug-likeness (QED) is 0.280. The van der Waals surface area contributed by atoms with Crippen molar-refractivity contribution in [2.24, 2.45) is 0 Å². The van der Waals surface area contributed by atoms with Crippen LogP contribution in [0.5, 0.6) is 11.5 Å². The molecule has 0 saturated carbocycles. The van der Waals surface area contributed by atoms with Crippen molar-refractivity contribution in [1.82, 2.24) is 4.98 Å². The minimum absolute atomic E-state index is 0.0295. The van der Waals surface area contributed by atoms with Gasteiger partial charge in [0.25, 0.3) is 0 Å². The molecule has 0 spiro atoms. The van der Waals surface area contributed by atoms with Crippen LogP contribution in [0.25, 0.3) is 0 Å². The molecule has 0 atom stereocenters. The summed E-state index contributed by atoms with van der Waals surface area (Å²) >= 11 is 7.05. The molecule has 1 aliphatic carbocycles. The summed E-state index contributed by atoms with van der Waals surface area (Å²) in [5.74, 6) is -0.303. The Bertz CT molecular complexity index is 1370. The van der Waals surface area contributed by atoms with Crippen molar-refractivity contribution in [2.45, 2.75) is 36.8 Å². The molecule has 0 radical (unpaired) electrons. The van der Waals surface area contributed by atoms with Crippen molar-refractivity contribution in [3.05, 3.63) is 81.6 Å². The lowest BCUT2D eigenvalue weighted by Gasteiger charge is -2.18. The van der Waals surface area contributed by atoms with Gasteiger partial charge in [-0.05, 0) is 47.7 Å². The van der Waals surface area contributed by atoms with Crippen LogP contribution in [-0.2, 0) is 46.2 Å². The third-order valence-corrected chi connectivity index (χ3v) is 6.84. The molecule has 2 aromatic carbocycles.